The van der Waals surface area contributed by atoms with Crippen LogP contribution in [0.1, 0.15) is 5.56 Å². The Labute approximate surface area is 135 Å². The fraction of sp³-hybridized carbons (Fsp3) is 0.562. The van der Waals surface area contributed by atoms with Gasteiger partial charge in [0.15, 0.2) is 0 Å². The number of nitrogens with zero attached hydrogens (tertiary/aromatic N) is 1. The highest BCUT2D eigenvalue weighted by Crippen LogP contribution is 2.17. The third kappa shape index (κ3) is 5.47. The van der Waals surface area contributed by atoms with Crippen molar-refractivity contribution in [3.63, 3.8) is 0 Å². The van der Waals surface area contributed by atoms with E-state index in [1.807, 2.05) is 24.3 Å². The number of likely N-dealkylation sites (tertiary alicyclic amines) is 1. The number of hydrogen-bond donors (Lipinski definition) is 3. The molecule has 0 spiro atoms. The zero-order chi connectivity index (χ0) is 16.7. The Hall–Kier alpha value is -1.67. The van der Waals surface area contributed by atoms with E-state index in [1.54, 1.807) is 0 Å². The van der Waals surface area contributed by atoms with Crippen molar-refractivity contribution < 1.29 is 24.5 Å². The van der Waals surface area contributed by atoms with Gasteiger partial charge in [-0.2, -0.15) is 0 Å². The van der Waals surface area contributed by atoms with Crippen molar-refractivity contribution in [2.24, 2.45) is 0 Å². The lowest BCUT2D eigenvalue weighted by Gasteiger charge is -2.17. The molecule has 1 fully saturated rings. The first-order valence-corrected chi connectivity index (χ1v) is 7.63. The third-order valence-electron chi connectivity index (χ3n) is 3.68. The first-order valence-electron chi connectivity index (χ1n) is 7.63. The second kappa shape index (κ2) is 8.83. The summed E-state index contributed by atoms with van der Waals surface area (Å²) in [5.41, 5.74) is 1.09. The number of ether oxygens (including phenoxy) is 2. The summed E-state index contributed by atoms with van der Waals surface area (Å²) in [7, 11) is 1.46. The van der Waals surface area contributed by atoms with E-state index in [4.69, 9.17) is 14.6 Å². The Kier molecular flexibility index (Phi) is 6.79. The van der Waals surface area contributed by atoms with Crippen LogP contribution in [-0.4, -0.2) is 73.2 Å². The molecule has 3 N–H and O–H groups in total. The lowest BCUT2D eigenvalue weighted by atomic mass is 10.2. The Morgan fingerprint density at radius 3 is 2.74 bits per heavy atom. The van der Waals surface area contributed by atoms with Crippen LogP contribution in [0, 0.1) is 0 Å². The van der Waals surface area contributed by atoms with E-state index in [2.05, 4.69) is 10.2 Å². The van der Waals surface area contributed by atoms with Gasteiger partial charge in [0.1, 0.15) is 19.0 Å². The maximum atomic E-state index is 11.5. The van der Waals surface area contributed by atoms with Crippen LogP contribution >= 0.6 is 0 Å². The molecule has 0 saturated carbocycles. The summed E-state index contributed by atoms with van der Waals surface area (Å²) in [6.07, 6.45) is -0.581. The molecule has 0 aromatic heterocycles. The second-order valence-electron chi connectivity index (χ2n) is 5.58. The largest absolute Gasteiger partial charge is 0.491 e. The molecule has 7 nitrogen and oxygen atoms in total. The maximum Gasteiger partial charge on any atom is 0.246 e. The number of nitrogens with one attached hydrogen (secondary N) is 1. The average Bonchev–Trinajstić information content (AvgIpc) is 2.86. The maximum absolute atomic E-state index is 11.5. The number of aliphatic hydroxyl groups excluding tert-OH is 2. The van der Waals surface area contributed by atoms with E-state index in [0.29, 0.717) is 25.4 Å². The van der Waals surface area contributed by atoms with Crippen LogP contribution in [0.3, 0.4) is 0 Å². The zero-order valence-corrected chi connectivity index (χ0v) is 13.3. The number of hydrogen-bond acceptors (Lipinski definition) is 6. The summed E-state index contributed by atoms with van der Waals surface area (Å²) in [5.74, 6) is 0.498. The monoisotopic (exact) mass is 324 g/mol. The molecule has 0 radical (unpaired) electrons. The van der Waals surface area contributed by atoms with E-state index in [0.717, 1.165) is 5.56 Å². The normalized spacial score (nSPS) is 21.3. The van der Waals surface area contributed by atoms with Crippen LogP contribution in [0.15, 0.2) is 24.3 Å². The standard InChI is InChI=1S/C16H24N2O5/c1-22-11-16(21)17-14-9-18(10-15(14)20)8-12-2-4-13(5-3-12)23-7-6-19/h2-5,14-15,19-20H,6-11H2,1H3,(H,17,21)/t14-,15-/m1/s1. The minimum atomic E-state index is -0.581. The molecular formula is C16H24N2O5. The first-order chi connectivity index (χ1) is 11.1. The summed E-state index contributed by atoms with van der Waals surface area (Å²) in [6.45, 7) is 2.07. The molecule has 1 aliphatic rings. The van der Waals surface area contributed by atoms with Crippen molar-refractivity contribution in [1.29, 1.82) is 0 Å². The molecule has 1 heterocycles. The SMILES string of the molecule is COCC(=O)N[C@@H]1CN(Cc2ccc(OCCO)cc2)C[C@H]1O. The van der Waals surface area contributed by atoms with E-state index in [9.17, 15) is 9.90 Å². The minimum absolute atomic E-state index is 0.00147. The molecule has 128 valence electrons. The van der Waals surface area contributed by atoms with Crippen LogP contribution in [0.2, 0.25) is 0 Å². The van der Waals surface area contributed by atoms with Gasteiger partial charge in [0.05, 0.1) is 18.8 Å². The molecule has 1 aromatic rings. The van der Waals surface area contributed by atoms with Crippen molar-refractivity contribution in [3.05, 3.63) is 29.8 Å². The van der Waals surface area contributed by atoms with Gasteiger partial charge in [-0.05, 0) is 17.7 Å². The lowest BCUT2D eigenvalue weighted by Crippen LogP contribution is -2.44. The molecule has 2 rings (SSSR count). The summed E-state index contributed by atoms with van der Waals surface area (Å²) < 4.78 is 10.1. The van der Waals surface area contributed by atoms with Gasteiger partial charge in [0.25, 0.3) is 0 Å². The van der Waals surface area contributed by atoms with Crippen LogP contribution in [0.4, 0.5) is 0 Å². The quantitative estimate of drug-likeness (QED) is 0.590. The molecule has 2 atom stereocenters. The van der Waals surface area contributed by atoms with E-state index in [-0.39, 0.29) is 31.8 Å². The van der Waals surface area contributed by atoms with E-state index >= 15 is 0 Å². The number of rotatable bonds is 8. The van der Waals surface area contributed by atoms with Gasteiger partial charge in [-0.3, -0.25) is 9.69 Å². The number of carbonyl (C=O) groups excluding carboxylic acids is 1. The average molecular weight is 324 g/mol. The molecule has 23 heavy (non-hydrogen) atoms. The minimum Gasteiger partial charge on any atom is -0.491 e. The Morgan fingerprint density at radius 2 is 2.09 bits per heavy atom. The van der Waals surface area contributed by atoms with E-state index in [1.165, 1.54) is 7.11 Å². The topological polar surface area (TPSA) is 91.3 Å². The van der Waals surface area contributed by atoms with Crippen LogP contribution < -0.4 is 10.1 Å². The molecular weight excluding hydrogens is 300 g/mol. The van der Waals surface area contributed by atoms with Gasteiger partial charge in [-0.15, -0.1) is 0 Å². The van der Waals surface area contributed by atoms with Crippen molar-refractivity contribution in [1.82, 2.24) is 10.2 Å². The predicted octanol–water partition coefficient (Wildman–Crippen LogP) is -0.635. The zero-order valence-electron chi connectivity index (χ0n) is 13.3. The molecule has 0 bridgehead atoms. The molecule has 7 heteroatoms. The third-order valence-corrected chi connectivity index (χ3v) is 3.68. The van der Waals surface area contributed by atoms with Gasteiger partial charge >= 0.3 is 0 Å². The number of amides is 1. The van der Waals surface area contributed by atoms with Gasteiger partial charge in [0.2, 0.25) is 5.91 Å². The fourth-order valence-electron chi connectivity index (χ4n) is 2.63. The lowest BCUT2D eigenvalue weighted by molar-refractivity contribution is -0.125. The number of methoxy groups -OCH3 is 1. The second-order valence-corrected chi connectivity index (χ2v) is 5.58. The van der Waals surface area contributed by atoms with Crippen molar-refractivity contribution in [2.75, 3.05) is 40.0 Å². The Bertz CT molecular complexity index is 494. The Balaban J connectivity index is 1.83. The molecule has 1 aliphatic heterocycles. The smallest absolute Gasteiger partial charge is 0.246 e. The summed E-state index contributed by atoms with van der Waals surface area (Å²) in [4.78, 5) is 13.6. The van der Waals surface area contributed by atoms with E-state index < -0.39 is 6.10 Å². The van der Waals surface area contributed by atoms with Crippen molar-refractivity contribution >= 4 is 5.91 Å². The number of benzene rings is 1. The molecule has 1 amide bonds. The number of β-amino-alcohol motifs (C(OH)–C–C–N with tert-alkyl or cyclic N) is 1. The molecule has 1 aromatic carbocycles. The van der Waals surface area contributed by atoms with Crippen molar-refractivity contribution in [3.8, 4) is 5.75 Å². The van der Waals surface area contributed by atoms with Crippen molar-refractivity contribution in [2.45, 2.75) is 18.7 Å². The summed E-state index contributed by atoms with van der Waals surface area (Å²) in [5, 5.41) is 21.6. The summed E-state index contributed by atoms with van der Waals surface area (Å²) in [6, 6.07) is 7.35. The van der Waals surface area contributed by atoms with Gasteiger partial charge < -0.3 is 25.0 Å². The van der Waals surface area contributed by atoms with Gasteiger partial charge in [0, 0.05) is 26.7 Å². The molecule has 0 aliphatic carbocycles. The first kappa shape index (κ1) is 17.7. The number of carbonyl (C=O) groups is 1. The predicted molar refractivity (Wildman–Crippen MR) is 84.1 cm³/mol. The number of aliphatic hydroxyl groups is 2. The van der Waals surface area contributed by atoms with Gasteiger partial charge in [-0.1, -0.05) is 12.1 Å². The molecule has 0 unspecified atom stereocenters. The highest BCUT2D eigenvalue weighted by atomic mass is 16.5. The fourth-order valence-corrected chi connectivity index (χ4v) is 2.63. The molecule has 1 saturated heterocycles. The highest BCUT2D eigenvalue weighted by Gasteiger charge is 2.32. The highest BCUT2D eigenvalue weighted by molar-refractivity contribution is 5.77. The van der Waals surface area contributed by atoms with Crippen LogP contribution in [0.25, 0.3) is 0 Å². The summed E-state index contributed by atoms with van der Waals surface area (Å²) >= 11 is 0. The van der Waals surface area contributed by atoms with Crippen LogP contribution in [-0.2, 0) is 16.1 Å². The van der Waals surface area contributed by atoms with Crippen LogP contribution in [0.5, 0.6) is 5.75 Å². The Morgan fingerprint density at radius 1 is 1.35 bits per heavy atom. The van der Waals surface area contributed by atoms with Gasteiger partial charge in [-0.25, -0.2) is 0 Å².